The van der Waals surface area contributed by atoms with Gasteiger partial charge in [-0.15, -0.1) is 0 Å². The molecule has 3 N–H and O–H groups in total. The Morgan fingerprint density at radius 1 is 1.06 bits per heavy atom. The summed E-state index contributed by atoms with van der Waals surface area (Å²) in [5.74, 6) is -5.40. The highest BCUT2D eigenvalue weighted by atomic mass is 19.2. The molecule has 1 aliphatic rings. The van der Waals surface area contributed by atoms with Gasteiger partial charge in [-0.1, -0.05) is 19.3 Å². The van der Waals surface area contributed by atoms with E-state index >= 15 is 0 Å². The molecular formula is C12H14F3NO. The van der Waals surface area contributed by atoms with Crippen LogP contribution in [0.1, 0.15) is 37.7 Å². The van der Waals surface area contributed by atoms with Gasteiger partial charge in [0, 0.05) is 11.1 Å². The number of phenols is 1. The van der Waals surface area contributed by atoms with Crippen molar-refractivity contribution in [3.63, 3.8) is 0 Å². The Labute approximate surface area is 97.2 Å². The van der Waals surface area contributed by atoms with Crippen LogP contribution in [0.2, 0.25) is 0 Å². The van der Waals surface area contributed by atoms with Crippen LogP contribution in [-0.4, -0.2) is 5.11 Å². The summed E-state index contributed by atoms with van der Waals surface area (Å²) in [7, 11) is 0. The molecule has 0 heterocycles. The van der Waals surface area contributed by atoms with Crippen LogP contribution >= 0.6 is 0 Å². The summed E-state index contributed by atoms with van der Waals surface area (Å²) in [6, 6.07) is 0.805. The van der Waals surface area contributed by atoms with Crippen molar-refractivity contribution in [2.45, 2.75) is 37.6 Å². The lowest BCUT2D eigenvalue weighted by molar-refractivity contribution is 0.282. The van der Waals surface area contributed by atoms with Gasteiger partial charge in [0.05, 0.1) is 0 Å². The Kier molecular flexibility index (Phi) is 3.03. The van der Waals surface area contributed by atoms with Crippen molar-refractivity contribution in [2.24, 2.45) is 5.73 Å². The van der Waals surface area contributed by atoms with E-state index in [1.165, 1.54) is 0 Å². The van der Waals surface area contributed by atoms with Gasteiger partial charge in [-0.2, -0.15) is 4.39 Å². The zero-order chi connectivity index (χ0) is 12.6. The predicted molar refractivity (Wildman–Crippen MR) is 56.9 cm³/mol. The molecule has 1 fully saturated rings. The number of aromatic hydroxyl groups is 1. The topological polar surface area (TPSA) is 46.2 Å². The molecule has 1 aliphatic carbocycles. The van der Waals surface area contributed by atoms with E-state index in [0.717, 1.165) is 25.3 Å². The van der Waals surface area contributed by atoms with Crippen molar-refractivity contribution in [1.82, 2.24) is 0 Å². The van der Waals surface area contributed by atoms with Gasteiger partial charge in [-0.05, 0) is 18.9 Å². The fourth-order valence-electron chi connectivity index (χ4n) is 2.42. The molecule has 0 bridgehead atoms. The van der Waals surface area contributed by atoms with Gasteiger partial charge in [0.15, 0.2) is 17.4 Å². The lowest BCUT2D eigenvalue weighted by Gasteiger charge is -2.34. The summed E-state index contributed by atoms with van der Waals surface area (Å²) >= 11 is 0. The molecule has 1 aromatic carbocycles. The van der Waals surface area contributed by atoms with Crippen LogP contribution in [0.4, 0.5) is 13.2 Å². The standard InChI is InChI=1S/C12H14F3NO/c13-8-6-7(11(17)10(15)9(8)14)12(16)4-2-1-3-5-12/h6,17H,1-5,16H2. The maximum absolute atomic E-state index is 13.3. The van der Waals surface area contributed by atoms with Crippen molar-refractivity contribution < 1.29 is 18.3 Å². The zero-order valence-corrected chi connectivity index (χ0v) is 9.27. The third kappa shape index (κ3) is 1.99. The minimum Gasteiger partial charge on any atom is -0.505 e. The van der Waals surface area contributed by atoms with Crippen LogP contribution in [0.15, 0.2) is 6.07 Å². The molecule has 17 heavy (non-hydrogen) atoms. The van der Waals surface area contributed by atoms with E-state index in [9.17, 15) is 18.3 Å². The first kappa shape index (κ1) is 12.2. The third-order valence-corrected chi connectivity index (χ3v) is 3.42. The normalized spacial score (nSPS) is 19.3. The fourth-order valence-corrected chi connectivity index (χ4v) is 2.42. The third-order valence-electron chi connectivity index (χ3n) is 3.42. The Bertz CT molecular complexity index is 442. The summed E-state index contributed by atoms with van der Waals surface area (Å²) in [5, 5.41) is 9.56. The number of nitrogens with two attached hydrogens (primary N) is 1. The van der Waals surface area contributed by atoms with Crippen molar-refractivity contribution in [1.29, 1.82) is 0 Å². The van der Waals surface area contributed by atoms with Crippen molar-refractivity contribution in [2.75, 3.05) is 0 Å². The molecule has 0 radical (unpaired) electrons. The first-order valence-corrected chi connectivity index (χ1v) is 5.61. The number of halogens is 3. The van der Waals surface area contributed by atoms with Crippen molar-refractivity contribution >= 4 is 0 Å². The van der Waals surface area contributed by atoms with Gasteiger partial charge in [-0.3, -0.25) is 0 Å². The van der Waals surface area contributed by atoms with Gasteiger partial charge < -0.3 is 10.8 Å². The molecule has 0 unspecified atom stereocenters. The zero-order valence-electron chi connectivity index (χ0n) is 9.27. The molecule has 5 heteroatoms. The number of hydrogen-bond donors (Lipinski definition) is 2. The van der Waals surface area contributed by atoms with Crippen LogP contribution in [0.25, 0.3) is 0 Å². The van der Waals surface area contributed by atoms with Crippen LogP contribution in [-0.2, 0) is 5.54 Å². The lowest BCUT2D eigenvalue weighted by atomic mass is 9.77. The Morgan fingerprint density at radius 2 is 1.65 bits per heavy atom. The molecule has 0 saturated heterocycles. The minimum absolute atomic E-state index is 0.0337. The molecule has 2 rings (SSSR count). The van der Waals surface area contributed by atoms with Gasteiger partial charge in [-0.25, -0.2) is 8.78 Å². The second kappa shape index (κ2) is 4.22. The smallest absolute Gasteiger partial charge is 0.203 e. The first-order valence-electron chi connectivity index (χ1n) is 5.61. The summed E-state index contributed by atoms with van der Waals surface area (Å²) in [6.45, 7) is 0. The molecule has 1 saturated carbocycles. The maximum Gasteiger partial charge on any atom is 0.203 e. The maximum atomic E-state index is 13.3. The molecule has 1 aromatic rings. The highest BCUT2D eigenvalue weighted by Gasteiger charge is 2.34. The summed E-state index contributed by atoms with van der Waals surface area (Å²) in [4.78, 5) is 0. The van der Waals surface area contributed by atoms with Gasteiger partial charge in [0.2, 0.25) is 5.82 Å². The minimum atomic E-state index is -1.66. The average molecular weight is 245 g/mol. The summed E-state index contributed by atoms with van der Waals surface area (Å²) in [6.07, 6.45) is 3.73. The molecule has 0 spiro atoms. The van der Waals surface area contributed by atoms with Gasteiger partial charge in [0.25, 0.3) is 0 Å². The number of hydrogen-bond acceptors (Lipinski definition) is 2. The van der Waals surface area contributed by atoms with E-state index in [1.807, 2.05) is 0 Å². The molecule has 94 valence electrons. The predicted octanol–water partition coefficient (Wildman–Crippen LogP) is 2.93. The number of rotatable bonds is 1. The average Bonchev–Trinajstić information content (AvgIpc) is 2.32. The van der Waals surface area contributed by atoms with Gasteiger partial charge >= 0.3 is 0 Å². The van der Waals surface area contributed by atoms with E-state index < -0.39 is 28.7 Å². The van der Waals surface area contributed by atoms with Crippen LogP contribution < -0.4 is 5.73 Å². The second-order valence-corrected chi connectivity index (χ2v) is 4.60. The van der Waals surface area contributed by atoms with E-state index in [0.29, 0.717) is 12.8 Å². The summed E-state index contributed by atoms with van der Waals surface area (Å²) in [5.41, 5.74) is 5.06. The monoisotopic (exact) mass is 245 g/mol. The summed E-state index contributed by atoms with van der Waals surface area (Å²) < 4.78 is 39.3. The van der Waals surface area contributed by atoms with Crippen LogP contribution in [0.3, 0.4) is 0 Å². The Morgan fingerprint density at radius 3 is 2.24 bits per heavy atom. The van der Waals surface area contributed by atoms with E-state index in [1.54, 1.807) is 0 Å². The number of phenolic OH excluding ortho intramolecular Hbond substituents is 1. The Balaban J connectivity index is 2.51. The Hall–Kier alpha value is -1.23. The highest BCUT2D eigenvalue weighted by Crippen LogP contribution is 2.40. The van der Waals surface area contributed by atoms with Crippen LogP contribution in [0, 0.1) is 17.5 Å². The molecule has 0 aliphatic heterocycles. The largest absolute Gasteiger partial charge is 0.505 e. The molecule has 0 amide bonds. The van der Waals surface area contributed by atoms with Gasteiger partial charge in [0.1, 0.15) is 0 Å². The molecule has 0 atom stereocenters. The molecular weight excluding hydrogens is 231 g/mol. The fraction of sp³-hybridized carbons (Fsp3) is 0.500. The SMILES string of the molecule is NC1(c2cc(F)c(F)c(F)c2O)CCCCC1. The second-order valence-electron chi connectivity index (χ2n) is 4.60. The van der Waals surface area contributed by atoms with Crippen molar-refractivity contribution in [3.05, 3.63) is 29.1 Å². The van der Waals surface area contributed by atoms with Crippen LogP contribution in [0.5, 0.6) is 5.75 Å². The number of benzene rings is 1. The van der Waals surface area contributed by atoms with E-state index in [4.69, 9.17) is 5.73 Å². The van der Waals surface area contributed by atoms with Crippen molar-refractivity contribution in [3.8, 4) is 5.75 Å². The first-order chi connectivity index (χ1) is 7.96. The lowest BCUT2D eigenvalue weighted by Crippen LogP contribution is -2.39. The van der Waals surface area contributed by atoms with E-state index in [-0.39, 0.29) is 5.56 Å². The molecule has 0 aromatic heterocycles. The highest BCUT2D eigenvalue weighted by molar-refractivity contribution is 5.40. The molecule has 2 nitrogen and oxygen atoms in total. The van der Waals surface area contributed by atoms with E-state index in [2.05, 4.69) is 0 Å². The quantitative estimate of drug-likeness (QED) is 0.747.